The number of carbonyl (C=O) groups excluding carboxylic acids is 1. The summed E-state index contributed by atoms with van der Waals surface area (Å²) in [5.74, 6) is 0.486. The maximum Gasteiger partial charge on any atom is 0.236 e. The molecule has 0 fully saturated rings. The smallest absolute Gasteiger partial charge is 0.236 e. The number of aromatic nitrogens is 3. The molecule has 2 rings (SSSR count). The number of halogens is 1. The lowest BCUT2D eigenvalue weighted by atomic mass is 10.4. The molecule has 1 amide bonds. The fraction of sp³-hybridized carbons (Fsp3) is 0.250. The Bertz CT molecular complexity index is 572. The molecule has 2 aromatic heterocycles. The first-order chi connectivity index (χ1) is 9.13. The Morgan fingerprint density at radius 1 is 1.58 bits per heavy atom. The Hall–Kier alpha value is -1.34. The van der Waals surface area contributed by atoms with Gasteiger partial charge in [0.15, 0.2) is 4.60 Å². The predicted octanol–water partition coefficient (Wildman–Crippen LogP) is 2.36. The molecule has 0 unspecified atom stereocenters. The van der Waals surface area contributed by atoms with Gasteiger partial charge in [0.2, 0.25) is 5.91 Å². The van der Waals surface area contributed by atoms with Crippen molar-refractivity contribution < 1.29 is 4.79 Å². The van der Waals surface area contributed by atoms with Crippen LogP contribution in [0, 0.1) is 0 Å². The topological polar surface area (TPSA) is 51.0 Å². The van der Waals surface area contributed by atoms with E-state index in [1.165, 1.54) is 11.8 Å². The summed E-state index contributed by atoms with van der Waals surface area (Å²) >= 11 is 4.88. The van der Waals surface area contributed by atoms with Crippen molar-refractivity contribution in [2.75, 3.05) is 24.0 Å². The average molecular weight is 341 g/mol. The minimum Gasteiger partial charge on any atom is -0.311 e. The Balaban J connectivity index is 2.29. The molecule has 19 heavy (non-hydrogen) atoms. The zero-order valence-electron chi connectivity index (χ0n) is 10.6. The third kappa shape index (κ3) is 3.16. The van der Waals surface area contributed by atoms with Crippen LogP contribution >= 0.6 is 27.7 Å². The summed E-state index contributed by atoms with van der Waals surface area (Å²) in [6.45, 7) is 0. The average Bonchev–Trinajstić information content (AvgIpc) is 2.81. The van der Waals surface area contributed by atoms with Crippen LogP contribution in [0.1, 0.15) is 0 Å². The van der Waals surface area contributed by atoms with Crippen molar-refractivity contribution in [3.05, 3.63) is 35.3 Å². The standard InChI is InChI=1S/C12H13BrN4OS/c1-16(11(18)8-19-2)10-7-17(15-12(10)13)9-4-3-5-14-6-9/h3-7H,8H2,1-2H3. The quantitative estimate of drug-likeness (QED) is 0.857. The SMILES string of the molecule is CSCC(=O)N(C)c1cn(-c2cccnc2)nc1Br. The number of hydrogen-bond acceptors (Lipinski definition) is 4. The summed E-state index contributed by atoms with van der Waals surface area (Å²) in [7, 11) is 1.74. The van der Waals surface area contributed by atoms with Gasteiger partial charge in [-0.05, 0) is 34.3 Å². The zero-order chi connectivity index (χ0) is 13.8. The van der Waals surface area contributed by atoms with Gasteiger partial charge in [-0.1, -0.05) is 0 Å². The minimum absolute atomic E-state index is 0.0407. The monoisotopic (exact) mass is 340 g/mol. The van der Waals surface area contributed by atoms with Crippen LogP contribution in [0.4, 0.5) is 5.69 Å². The molecule has 0 atom stereocenters. The third-order valence-corrected chi connectivity index (χ3v) is 3.67. The second-order valence-corrected chi connectivity index (χ2v) is 5.46. The number of thioether (sulfide) groups is 1. The van der Waals surface area contributed by atoms with Crippen molar-refractivity contribution in [3.8, 4) is 5.69 Å². The second-order valence-electron chi connectivity index (χ2n) is 3.85. The molecule has 2 heterocycles. The molecule has 100 valence electrons. The largest absolute Gasteiger partial charge is 0.311 e. The molecule has 0 aliphatic heterocycles. The number of hydrogen-bond donors (Lipinski definition) is 0. The summed E-state index contributed by atoms with van der Waals surface area (Å²) in [4.78, 5) is 17.5. The highest BCUT2D eigenvalue weighted by Gasteiger charge is 2.17. The molecule has 0 aliphatic carbocycles. The van der Waals surface area contributed by atoms with E-state index in [2.05, 4.69) is 26.0 Å². The number of anilines is 1. The molecule has 0 radical (unpaired) electrons. The highest BCUT2D eigenvalue weighted by Crippen LogP contribution is 2.25. The molecule has 0 spiro atoms. The third-order valence-electron chi connectivity index (χ3n) is 2.57. The van der Waals surface area contributed by atoms with Crippen LogP contribution < -0.4 is 4.90 Å². The molecule has 5 nitrogen and oxygen atoms in total. The van der Waals surface area contributed by atoms with Crippen LogP contribution in [0.3, 0.4) is 0 Å². The minimum atomic E-state index is 0.0407. The van der Waals surface area contributed by atoms with Crippen molar-refractivity contribution in [2.24, 2.45) is 0 Å². The van der Waals surface area contributed by atoms with E-state index in [1.807, 2.05) is 18.4 Å². The van der Waals surface area contributed by atoms with E-state index in [9.17, 15) is 4.79 Å². The highest BCUT2D eigenvalue weighted by molar-refractivity contribution is 9.10. The van der Waals surface area contributed by atoms with Gasteiger partial charge < -0.3 is 4.90 Å². The van der Waals surface area contributed by atoms with Gasteiger partial charge in [-0.3, -0.25) is 9.78 Å². The van der Waals surface area contributed by atoms with Crippen molar-refractivity contribution in [3.63, 3.8) is 0 Å². The summed E-state index contributed by atoms with van der Waals surface area (Å²) < 4.78 is 2.32. The summed E-state index contributed by atoms with van der Waals surface area (Å²) in [6.07, 6.45) is 7.13. The molecule has 0 aromatic carbocycles. The Morgan fingerprint density at radius 3 is 3.00 bits per heavy atom. The zero-order valence-corrected chi connectivity index (χ0v) is 13.0. The van der Waals surface area contributed by atoms with Crippen LogP contribution in [0.15, 0.2) is 35.3 Å². The Morgan fingerprint density at radius 2 is 2.37 bits per heavy atom. The molecular formula is C12H13BrN4OS. The van der Waals surface area contributed by atoms with Crippen molar-refractivity contribution >= 4 is 39.3 Å². The Labute approximate surface area is 124 Å². The van der Waals surface area contributed by atoms with Crippen LogP contribution in [-0.2, 0) is 4.79 Å². The van der Waals surface area contributed by atoms with E-state index >= 15 is 0 Å². The fourth-order valence-electron chi connectivity index (χ4n) is 1.54. The molecule has 0 bridgehead atoms. The predicted molar refractivity (Wildman–Crippen MR) is 80.9 cm³/mol. The summed E-state index contributed by atoms with van der Waals surface area (Å²) in [5.41, 5.74) is 1.59. The van der Waals surface area contributed by atoms with Gasteiger partial charge in [0.25, 0.3) is 0 Å². The van der Waals surface area contributed by atoms with Gasteiger partial charge >= 0.3 is 0 Å². The first-order valence-electron chi connectivity index (χ1n) is 5.54. The van der Waals surface area contributed by atoms with Crippen LogP contribution in [0.25, 0.3) is 5.69 Å². The van der Waals surface area contributed by atoms with E-state index in [-0.39, 0.29) is 5.91 Å². The van der Waals surface area contributed by atoms with Gasteiger partial charge in [-0.25, -0.2) is 4.68 Å². The summed E-state index contributed by atoms with van der Waals surface area (Å²) in [5, 5.41) is 4.34. The van der Waals surface area contributed by atoms with E-state index in [0.717, 1.165) is 11.4 Å². The first kappa shape index (κ1) is 14.1. The number of nitrogens with zero attached hydrogens (tertiary/aromatic N) is 4. The molecule has 0 saturated heterocycles. The molecule has 0 aliphatic rings. The maximum absolute atomic E-state index is 11.9. The van der Waals surface area contributed by atoms with Crippen molar-refractivity contribution in [1.29, 1.82) is 0 Å². The number of pyridine rings is 1. The second kappa shape index (κ2) is 6.21. The highest BCUT2D eigenvalue weighted by atomic mass is 79.9. The maximum atomic E-state index is 11.9. The molecule has 7 heteroatoms. The summed E-state index contributed by atoms with van der Waals surface area (Å²) in [6, 6.07) is 3.74. The van der Waals surface area contributed by atoms with Crippen LogP contribution in [-0.4, -0.2) is 39.7 Å². The van der Waals surface area contributed by atoms with Gasteiger partial charge in [0, 0.05) is 13.2 Å². The van der Waals surface area contributed by atoms with Crippen molar-refractivity contribution in [1.82, 2.24) is 14.8 Å². The van der Waals surface area contributed by atoms with E-state index < -0.39 is 0 Å². The lowest BCUT2D eigenvalue weighted by molar-refractivity contribution is -0.115. The fourth-order valence-corrected chi connectivity index (χ4v) is 2.52. The lowest BCUT2D eigenvalue weighted by Crippen LogP contribution is -2.27. The van der Waals surface area contributed by atoms with Crippen molar-refractivity contribution in [2.45, 2.75) is 0 Å². The van der Waals surface area contributed by atoms with Gasteiger partial charge in [0.05, 0.1) is 29.5 Å². The molecule has 2 aromatic rings. The first-order valence-corrected chi connectivity index (χ1v) is 7.73. The normalized spacial score (nSPS) is 10.5. The lowest BCUT2D eigenvalue weighted by Gasteiger charge is -2.14. The number of carbonyl (C=O) groups is 1. The number of rotatable bonds is 4. The van der Waals surface area contributed by atoms with E-state index in [1.54, 1.807) is 35.2 Å². The number of amides is 1. The molecule has 0 N–H and O–H groups in total. The van der Waals surface area contributed by atoms with Gasteiger partial charge in [-0.15, -0.1) is 0 Å². The van der Waals surface area contributed by atoms with Crippen LogP contribution in [0.5, 0.6) is 0 Å². The Kier molecular flexibility index (Phi) is 4.60. The van der Waals surface area contributed by atoms with Crippen LogP contribution in [0.2, 0.25) is 0 Å². The van der Waals surface area contributed by atoms with Gasteiger partial charge in [0.1, 0.15) is 0 Å². The van der Waals surface area contributed by atoms with E-state index in [0.29, 0.717) is 10.4 Å². The van der Waals surface area contributed by atoms with E-state index in [4.69, 9.17) is 0 Å². The molecule has 0 saturated carbocycles. The molecular weight excluding hydrogens is 328 g/mol. The van der Waals surface area contributed by atoms with Gasteiger partial charge in [-0.2, -0.15) is 16.9 Å².